The van der Waals surface area contributed by atoms with E-state index in [0.717, 1.165) is 5.56 Å². The number of oxime groups is 1. The first kappa shape index (κ1) is 21.2. The molecule has 1 aromatic carbocycles. The number of methoxy groups -OCH3 is 1. The maximum atomic E-state index is 12.8. The number of rotatable bonds is 6. The number of benzene rings is 1. The molecule has 0 radical (unpaired) electrons. The minimum Gasteiger partial charge on any atom is -0.496 e. The van der Waals surface area contributed by atoms with E-state index < -0.39 is 0 Å². The summed E-state index contributed by atoms with van der Waals surface area (Å²) in [5.74, 6) is 0.0613. The van der Waals surface area contributed by atoms with Gasteiger partial charge in [0.05, 0.1) is 12.7 Å². The Labute approximate surface area is 168 Å². The van der Waals surface area contributed by atoms with E-state index in [1.807, 2.05) is 6.20 Å². The Morgan fingerprint density at radius 1 is 1.33 bits per heavy atom. The van der Waals surface area contributed by atoms with Gasteiger partial charge >= 0.3 is 0 Å². The van der Waals surface area contributed by atoms with Crippen LogP contribution in [0.2, 0.25) is 5.02 Å². The number of aromatic nitrogens is 1. The van der Waals surface area contributed by atoms with Gasteiger partial charge in [0.15, 0.2) is 0 Å². The molecular weight excluding hydrogens is 386 g/mol. The van der Waals surface area contributed by atoms with Crippen LogP contribution in [0.4, 0.5) is 0 Å². The third-order valence-corrected chi connectivity index (χ3v) is 5.32. The lowest BCUT2D eigenvalue weighted by atomic mass is 10.1. The van der Waals surface area contributed by atoms with Crippen molar-refractivity contribution in [2.75, 3.05) is 14.2 Å². The number of hydrogen-bond acceptors (Lipinski definition) is 5. The number of hydrogen-bond donors (Lipinski definition) is 0. The van der Waals surface area contributed by atoms with E-state index in [1.54, 1.807) is 24.4 Å². The average Bonchev–Trinajstić information content (AvgIpc) is 3.01. The number of amides is 1. The minimum atomic E-state index is -0.385. The van der Waals surface area contributed by atoms with E-state index >= 15 is 0 Å². The molecule has 0 N–H and O–H groups in total. The molecule has 0 aliphatic carbocycles. The number of carbonyl (C=O) groups excluding carboxylic acids is 1. The lowest BCUT2D eigenvalue weighted by molar-refractivity contribution is 0.0996. The smallest absolute Gasteiger partial charge is 0.282 e. The second-order valence-electron chi connectivity index (χ2n) is 6.82. The predicted octanol–water partition coefficient (Wildman–Crippen LogP) is 4.27. The van der Waals surface area contributed by atoms with Crippen molar-refractivity contribution >= 4 is 35.3 Å². The van der Waals surface area contributed by atoms with Gasteiger partial charge in [-0.25, -0.2) is 0 Å². The highest BCUT2D eigenvalue weighted by Crippen LogP contribution is 2.23. The Kier molecular flexibility index (Phi) is 7.21. The molecule has 0 unspecified atom stereocenters. The zero-order chi connectivity index (χ0) is 20.0. The van der Waals surface area contributed by atoms with Gasteiger partial charge in [-0.3, -0.25) is 8.75 Å². The van der Waals surface area contributed by atoms with Gasteiger partial charge in [-0.05, 0) is 63.3 Å². The van der Waals surface area contributed by atoms with Crippen molar-refractivity contribution < 1.29 is 14.4 Å². The van der Waals surface area contributed by atoms with Crippen LogP contribution in [-0.2, 0) is 16.8 Å². The molecule has 27 heavy (non-hydrogen) atoms. The molecule has 0 atom stereocenters. The Balaban J connectivity index is 2.45. The molecule has 146 valence electrons. The number of carbonyl (C=O) groups is 1. The van der Waals surface area contributed by atoms with E-state index in [2.05, 4.69) is 34.9 Å². The fraction of sp³-hybridized carbons (Fsp3) is 0.421. The molecule has 0 saturated carbocycles. The molecule has 1 aromatic heterocycles. The van der Waals surface area contributed by atoms with Gasteiger partial charge in [0.2, 0.25) is 0 Å². The highest BCUT2D eigenvalue weighted by Gasteiger charge is 2.17. The number of nitrogens with zero attached hydrogens (tertiary/aromatic N) is 3. The first-order valence-corrected chi connectivity index (χ1v) is 9.61. The van der Waals surface area contributed by atoms with Crippen molar-refractivity contribution in [1.29, 1.82) is 0 Å². The minimum absolute atomic E-state index is 0.107. The molecule has 0 saturated heterocycles. The molecule has 1 amide bonds. The summed E-state index contributed by atoms with van der Waals surface area (Å²) in [4.78, 5) is 21.8. The number of ether oxygens (including phenoxy) is 1. The van der Waals surface area contributed by atoms with Gasteiger partial charge in [0, 0.05) is 28.5 Å². The molecule has 0 bridgehead atoms. The maximum Gasteiger partial charge on any atom is 0.282 e. The number of halogens is 1. The molecule has 0 fully saturated rings. The normalized spacial score (nSPS) is 12.6. The summed E-state index contributed by atoms with van der Waals surface area (Å²) >= 11 is 7.49. The monoisotopic (exact) mass is 409 g/mol. The van der Waals surface area contributed by atoms with Crippen molar-refractivity contribution in [2.45, 2.75) is 39.2 Å². The van der Waals surface area contributed by atoms with Gasteiger partial charge in [-0.15, -0.1) is 0 Å². The Morgan fingerprint density at radius 3 is 2.70 bits per heavy atom. The fourth-order valence-electron chi connectivity index (χ4n) is 2.32. The summed E-state index contributed by atoms with van der Waals surface area (Å²) in [7, 11) is 3.02. The zero-order valence-corrected chi connectivity index (χ0v) is 17.7. The van der Waals surface area contributed by atoms with Crippen LogP contribution in [0.15, 0.2) is 34.5 Å². The summed E-state index contributed by atoms with van der Waals surface area (Å²) in [6.45, 7) is 6.31. The van der Waals surface area contributed by atoms with Gasteiger partial charge in [0.25, 0.3) is 5.91 Å². The topological polar surface area (TPSA) is 65.2 Å². The molecule has 0 spiro atoms. The molecular formula is C19H24ClN3O3S. The molecule has 0 aliphatic rings. The van der Waals surface area contributed by atoms with Crippen molar-refractivity contribution in [3.05, 3.63) is 45.2 Å². The predicted molar refractivity (Wildman–Crippen MR) is 109 cm³/mol. The second kappa shape index (κ2) is 9.19. The summed E-state index contributed by atoms with van der Waals surface area (Å²) < 4.78 is 8.03. The molecule has 2 rings (SSSR count). The Bertz CT molecular complexity index is 894. The molecule has 6 nitrogen and oxygen atoms in total. The lowest BCUT2D eigenvalue weighted by Crippen LogP contribution is -2.18. The fourth-order valence-corrected chi connectivity index (χ4v) is 3.52. The Hall–Kier alpha value is -2.12. The first-order valence-electron chi connectivity index (χ1n) is 8.46. The van der Waals surface area contributed by atoms with E-state index in [9.17, 15) is 4.79 Å². The van der Waals surface area contributed by atoms with Gasteiger partial charge in [-0.2, -0.15) is 4.99 Å². The standard InChI is InChI=1S/C19H24ClN3O3S/c1-19(2,3)23-12-13(7-6-10-21-26-5)18(27-23)22-17(24)15-11-14(20)8-9-16(15)25-4/h8-12H,6-7H2,1-5H3/b21-10?,22-18-. The highest BCUT2D eigenvalue weighted by atomic mass is 35.5. The SMILES string of the molecule is CON=CCCc1cn(C(C)(C)C)s/c1=N\C(=O)c1cc(Cl)ccc1OC. The van der Waals surface area contributed by atoms with Crippen LogP contribution < -0.4 is 9.41 Å². The summed E-state index contributed by atoms with van der Waals surface area (Å²) in [5, 5.41) is 4.22. The van der Waals surface area contributed by atoms with Crippen LogP contribution in [0.25, 0.3) is 0 Å². The van der Waals surface area contributed by atoms with Crippen molar-refractivity contribution in [2.24, 2.45) is 10.1 Å². The summed E-state index contributed by atoms with van der Waals surface area (Å²) in [6.07, 6.45) is 5.12. The van der Waals surface area contributed by atoms with Crippen LogP contribution in [0, 0.1) is 0 Å². The molecule has 1 heterocycles. The van der Waals surface area contributed by atoms with Gasteiger partial charge in [-0.1, -0.05) is 16.8 Å². The van der Waals surface area contributed by atoms with E-state index in [1.165, 1.54) is 25.8 Å². The Morgan fingerprint density at radius 2 is 2.07 bits per heavy atom. The lowest BCUT2D eigenvalue weighted by Gasteiger charge is -2.19. The van der Waals surface area contributed by atoms with E-state index in [-0.39, 0.29) is 11.4 Å². The highest BCUT2D eigenvalue weighted by molar-refractivity contribution is 7.04. The van der Waals surface area contributed by atoms with Crippen LogP contribution >= 0.6 is 23.1 Å². The number of aryl methyl sites for hydroxylation is 1. The van der Waals surface area contributed by atoms with E-state index in [0.29, 0.717) is 33.8 Å². The average molecular weight is 410 g/mol. The maximum absolute atomic E-state index is 12.8. The van der Waals surface area contributed by atoms with E-state index in [4.69, 9.17) is 21.2 Å². The second-order valence-corrected chi connectivity index (χ2v) is 8.22. The van der Waals surface area contributed by atoms with Crippen LogP contribution in [-0.4, -0.2) is 30.3 Å². The summed E-state index contributed by atoms with van der Waals surface area (Å²) in [5.41, 5.74) is 1.21. The van der Waals surface area contributed by atoms with Crippen LogP contribution in [0.1, 0.15) is 43.1 Å². The summed E-state index contributed by atoms with van der Waals surface area (Å²) in [6, 6.07) is 4.91. The van der Waals surface area contributed by atoms with Crippen LogP contribution in [0.5, 0.6) is 5.75 Å². The van der Waals surface area contributed by atoms with Gasteiger partial charge in [0.1, 0.15) is 17.5 Å². The van der Waals surface area contributed by atoms with Crippen molar-refractivity contribution in [3.63, 3.8) is 0 Å². The molecule has 2 aromatic rings. The molecule has 8 heteroatoms. The van der Waals surface area contributed by atoms with Crippen LogP contribution in [0.3, 0.4) is 0 Å². The van der Waals surface area contributed by atoms with Crippen molar-refractivity contribution in [3.8, 4) is 5.75 Å². The largest absolute Gasteiger partial charge is 0.496 e. The first-order chi connectivity index (χ1) is 12.8. The quantitative estimate of drug-likeness (QED) is 0.528. The zero-order valence-electron chi connectivity index (χ0n) is 16.2. The third-order valence-electron chi connectivity index (χ3n) is 3.71. The third kappa shape index (κ3) is 5.68. The van der Waals surface area contributed by atoms with Gasteiger partial charge < -0.3 is 9.57 Å². The van der Waals surface area contributed by atoms with Crippen molar-refractivity contribution in [1.82, 2.24) is 3.96 Å². The molecule has 0 aliphatic heterocycles.